The van der Waals surface area contributed by atoms with E-state index in [1.165, 1.54) is 0 Å². The van der Waals surface area contributed by atoms with Gasteiger partial charge in [-0.05, 0) is 46.3 Å². The second-order valence-electron chi connectivity index (χ2n) is 4.35. The summed E-state index contributed by atoms with van der Waals surface area (Å²) in [6.07, 6.45) is 1.69. The Morgan fingerprint density at radius 1 is 1.25 bits per heavy atom. The molecule has 1 heterocycles. The third-order valence-corrected chi connectivity index (χ3v) is 3.78. The Hall–Kier alpha value is -1.40. The van der Waals surface area contributed by atoms with Crippen LogP contribution in [-0.4, -0.2) is 25.0 Å². The zero-order chi connectivity index (χ0) is 14.7. The van der Waals surface area contributed by atoms with E-state index in [-0.39, 0.29) is 5.91 Å². The maximum atomic E-state index is 12.3. The van der Waals surface area contributed by atoms with Crippen molar-refractivity contribution in [3.63, 3.8) is 0 Å². The molecule has 0 atom stereocenters. The number of hydrogen-bond acceptors (Lipinski definition) is 3. The van der Waals surface area contributed by atoms with Crippen LogP contribution in [0.4, 0.5) is 11.5 Å². The molecule has 0 aliphatic rings. The van der Waals surface area contributed by atoms with Crippen LogP contribution in [0.3, 0.4) is 0 Å². The Labute approximate surface area is 134 Å². The molecule has 20 heavy (non-hydrogen) atoms. The number of nitrogens with one attached hydrogen (secondary N) is 1. The predicted octanol–water partition coefficient (Wildman–Crippen LogP) is 3.92. The molecule has 0 saturated heterocycles. The minimum atomic E-state index is -0.180. The minimum absolute atomic E-state index is 0.180. The molecular formula is C14H13Br2N3O. The molecule has 0 unspecified atom stereocenters. The topological polar surface area (TPSA) is 45.2 Å². The van der Waals surface area contributed by atoms with Crippen molar-refractivity contribution in [2.24, 2.45) is 0 Å². The number of hydrogen-bond donors (Lipinski definition) is 1. The average molecular weight is 399 g/mol. The first-order chi connectivity index (χ1) is 9.49. The van der Waals surface area contributed by atoms with Crippen LogP contribution in [0.1, 0.15) is 10.4 Å². The van der Waals surface area contributed by atoms with Crippen molar-refractivity contribution >= 4 is 49.3 Å². The maximum absolute atomic E-state index is 12.3. The van der Waals surface area contributed by atoms with Gasteiger partial charge in [0.05, 0.1) is 11.3 Å². The summed E-state index contributed by atoms with van der Waals surface area (Å²) >= 11 is 6.76. The third kappa shape index (κ3) is 3.37. The largest absolute Gasteiger partial charge is 0.361 e. The highest BCUT2D eigenvalue weighted by atomic mass is 79.9. The van der Waals surface area contributed by atoms with Crippen molar-refractivity contribution in [3.05, 3.63) is 51.0 Å². The van der Waals surface area contributed by atoms with Gasteiger partial charge in [0.2, 0.25) is 0 Å². The number of amides is 1. The van der Waals surface area contributed by atoms with Crippen molar-refractivity contribution in [3.8, 4) is 0 Å². The first kappa shape index (κ1) is 15.0. The standard InChI is InChI=1S/C14H13Br2N3O/c1-19(2)13-12(4-3-7-17-13)18-14(20)10-6-5-9(15)8-11(10)16/h3-8H,1-2H3,(H,18,20). The van der Waals surface area contributed by atoms with Gasteiger partial charge in [-0.3, -0.25) is 4.79 Å². The summed E-state index contributed by atoms with van der Waals surface area (Å²) in [5, 5.41) is 2.88. The molecule has 1 amide bonds. The fourth-order valence-electron chi connectivity index (χ4n) is 1.71. The van der Waals surface area contributed by atoms with Crippen LogP contribution < -0.4 is 10.2 Å². The van der Waals surface area contributed by atoms with Crippen molar-refractivity contribution in [2.75, 3.05) is 24.3 Å². The molecule has 1 N–H and O–H groups in total. The summed E-state index contributed by atoms with van der Waals surface area (Å²) in [5.41, 5.74) is 1.25. The molecule has 0 spiro atoms. The van der Waals surface area contributed by atoms with Gasteiger partial charge >= 0.3 is 0 Å². The lowest BCUT2D eigenvalue weighted by molar-refractivity contribution is 0.102. The molecule has 2 rings (SSSR count). The molecule has 6 heteroatoms. The molecule has 0 saturated carbocycles. The second kappa shape index (κ2) is 6.37. The number of nitrogens with zero attached hydrogens (tertiary/aromatic N) is 2. The van der Waals surface area contributed by atoms with Crippen LogP contribution >= 0.6 is 31.9 Å². The van der Waals surface area contributed by atoms with Gasteiger partial charge in [-0.2, -0.15) is 0 Å². The second-order valence-corrected chi connectivity index (χ2v) is 6.12. The summed E-state index contributed by atoms with van der Waals surface area (Å²) in [4.78, 5) is 18.4. The van der Waals surface area contributed by atoms with Gasteiger partial charge in [-0.25, -0.2) is 4.98 Å². The van der Waals surface area contributed by atoms with Crippen LogP contribution in [0.15, 0.2) is 45.5 Å². The zero-order valence-corrected chi connectivity index (χ0v) is 14.2. The van der Waals surface area contributed by atoms with E-state index in [1.807, 2.05) is 37.2 Å². The van der Waals surface area contributed by atoms with Gasteiger partial charge in [-0.1, -0.05) is 15.9 Å². The monoisotopic (exact) mass is 397 g/mol. The number of halogens is 2. The number of pyridine rings is 1. The normalized spacial score (nSPS) is 10.2. The molecule has 0 aliphatic heterocycles. The number of benzene rings is 1. The molecular weight excluding hydrogens is 386 g/mol. The maximum Gasteiger partial charge on any atom is 0.256 e. The van der Waals surface area contributed by atoms with Gasteiger partial charge in [0.25, 0.3) is 5.91 Å². The molecule has 1 aromatic heterocycles. The van der Waals surface area contributed by atoms with E-state index in [0.29, 0.717) is 17.1 Å². The van der Waals surface area contributed by atoms with E-state index in [2.05, 4.69) is 42.2 Å². The van der Waals surface area contributed by atoms with E-state index < -0.39 is 0 Å². The number of carbonyl (C=O) groups excluding carboxylic acids is 1. The van der Waals surface area contributed by atoms with Crippen LogP contribution in [0.25, 0.3) is 0 Å². The van der Waals surface area contributed by atoms with Gasteiger partial charge in [0, 0.05) is 29.2 Å². The summed E-state index contributed by atoms with van der Waals surface area (Å²) < 4.78 is 1.65. The van der Waals surface area contributed by atoms with Crippen molar-refractivity contribution in [1.29, 1.82) is 0 Å². The zero-order valence-electron chi connectivity index (χ0n) is 11.0. The first-order valence-electron chi connectivity index (χ1n) is 5.88. The number of rotatable bonds is 3. The molecule has 0 aliphatic carbocycles. The van der Waals surface area contributed by atoms with E-state index in [4.69, 9.17) is 0 Å². The van der Waals surface area contributed by atoms with E-state index in [1.54, 1.807) is 18.3 Å². The number of aromatic nitrogens is 1. The lowest BCUT2D eigenvalue weighted by Gasteiger charge is -2.16. The van der Waals surface area contributed by atoms with E-state index in [9.17, 15) is 4.79 Å². The fraction of sp³-hybridized carbons (Fsp3) is 0.143. The average Bonchev–Trinajstić information content (AvgIpc) is 2.38. The molecule has 4 nitrogen and oxygen atoms in total. The Balaban J connectivity index is 2.28. The van der Waals surface area contributed by atoms with Crippen molar-refractivity contribution in [1.82, 2.24) is 4.98 Å². The van der Waals surface area contributed by atoms with Crippen LogP contribution in [0, 0.1) is 0 Å². The number of carbonyl (C=O) groups is 1. The third-order valence-electron chi connectivity index (χ3n) is 2.63. The lowest BCUT2D eigenvalue weighted by atomic mass is 10.2. The fourth-order valence-corrected chi connectivity index (χ4v) is 2.94. The molecule has 0 bridgehead atoms. The smallest absolute Gasteiger partial charge is 0.256 e. The highest BCUT2D eigenvalue weighted by Gasteiger charge is 2.13. The summed E-state index contributed by atoms with van der Waals surface area (Å²) in [6, 6.07) is 9.04. The Kier molecular flexibility index (Phi) is 4.77. The SMILES string of the molecule is CN(C)c1ncccc1NC(=O)c1ccc(Br)cc1Br. The van der Waals surface area contributed by atoms with Crippen LogP contribution in [-0.2, 0) is 0 Å². The summed E-state index contributed by atoms with van der Waals surface area (Å²) in [6.45, 7) is 0. The van der Waals surface area contributed by atoms with Gasteiger partial charge in [0.1, 0.15) is 0 Å². The summed E-state index contributed by atoms with van der Waals surface area (Å²) in [5.74, 6) is 0.537. The van der Waals surface area contributed by atoms with Crippen molar-refractivity contribution in [2.45, 2.75) is 0 Å². The lowest BCUT2D eigenvalue weighted by Crippen LogP contribution is -2.18. The molecule has 0 fully saturated rings. The Morgan fingerprint density at radius 2 is 2.00 bits per heavy atom. The molecule has 2 aromatic rings. The van der Waals surface area contributed by atoms with Gasteiger partial charge in [0.15, 0.2) is 5.82 Å². The predicted molar refractivity (Wildman–Crippen MR) is 88.4 cm³/mol. The minimum Gasteiger partial charge on any atom is -0.361 e. The Bertz CT molecular complexity index is 644. The van der Waals surface area contributed by atoms with Crippen molar-refractivity contribution < 1.29 is 4.79 Å². The van der Waals surface area contributed by atoms with Crippen LogP contribution in [0.2, 0.25) is 0 Å². The van der Waals surface area contributed by atoms with E-state index >= 15 is 0 Å². The quantitative estimate of drug-likeness (QED) is 0.851. The van der Waals surface area contributed by atoms with Gasteiger partial charge < -0.3 is 10.2 Å². The Morgan fingerprint density at radius 3 is 2.65 bits per heavy atom. The first-order valence-corrected chi connectivity index (χ1v) is 7.46. The van der Waals surface area contributed by atoms with E-state index in [0.717, 1.165) is 8.95 Å². The highest BCUT2D eigenvalue weighted by molar-refractivity contribution is 9.11. The molecule has 1 aromatic carbocycles. The van der Waals surface area contributed by atoms with Crippen LogP contribution in [0.5, 0.6) is 0 Å². The number of anilines is 2. The molecule has 0 radical (unpaired) electrons. The highest BCUT2D eigenvalue weighted by Crippen LogP contribution is 2.25. The van der Waals surface area contributed by atoms with Gasteiger partial charge in [-0.15, -0.1) is 0 Å². The molecule has 104 valence electrons. The summed E-state index contributed by atoms with van der Waals surface area (Å²) in [7, 11) is 3.76.